The number of nitrogens with one attached hydrogen (secondary N) is 1. The molecule has 0 radical (unpaired) electrons. The fourth-order valence-corrected chi connectivity index (χ4v) is 3.42. The highest BCUT2D eigenvalue weighted by Crippen LogP contribution is 2.28. The SMILES string of the molecule is COc1ccc(/C=C/C(=O)N[C@@H](CN2CCOCC2)c2ccc(C)cc2)cc1OC. The number of amides is 1. The first-order valence-corrected chi connectivity index (χ1v) is 10.2. The minimum atomic E-state index is -0.136. The highest BCUT2D eigenvalue weighted by Gasteiger charge is 2.19. The molecular weight excluding hydrogens is 380 g/mol. The zero-order chi connectivity index (χ0) is 21.3. The first-order valence-electron chi connectivity index (χ1n) is 10.2. The van der Waals surface area contributed by atoms with Crippen LogP contribution in [0, 0.1) is 6.92 Å². The molecule has 0 aliphatic carbocycles. The second-order valence-electron chi connectivity index (χ2n) is 7.33. The normalized spacial score (nSPS) is 15.7. The van der Waals surface area contributed by atoms with Gasteiger partial charge in [0.15, 0.2) is 11.5 Å². The quantitative estimate of drug-likeness (QED) is 0.677. The van der Waals surface area contributed by atoms with E-state index in [1.165, 1.54) is 5.56 Å². The van der Waals surface area contributed by atoms with Crippen LogP contribution >= 0.6 is 0 Å². The average Bonchev–Trinajstić information content (AvgIpc) is 2.78. The van der Waals surface area contributed by atoms with Gasteiger partial charge in [-0.3, -0.25) is 9.69 Å². The third-order valence-corrected chi connectivity index (χ3v) is 5.18. The predicted octanol–water partition coefficient (Wildman–Crippen LogP) is 3.22. The number of methoxy groups -OCH3 is 2. The van der Waals surface area contributed by atoms with Crippen molar-refractivity contribution in [2.45, 2.75) is 13.0 Å². The Morgan fingerprint density at radius 2 is 1.80 bits per heavy atom. The highest BCUT2D eigenvalue weighted by atomic mass is 16.5. The smallest absolute Gasteiger partial charge is 0.244 e. The van der Waals surface area contributed by atoms with Gasteiger partial charge in [-0.25, -0.2) is 0 Å². The Morgan fingerprint density at radius 3 is 2.47 bits per heavy atom. The molecule has 1 heterocycles. The summed E-state index contributed by atoms with van der Waals surface area (Å²) in [6, 6.07) is 13.8. The number of aryl methyl sites for hydroxylation is 1. The van der Waals surface area contributed by atoms with Crippen molar-refractivity contribution in [1.29, 1.82) is 0 Å². The van der Waals surface area contributed by atoms with Crippen LogP contribution in [0.25, 0.3) is 6.08 Å². The molecule has 0 bridgehead atoms. The number of benzene rings is 2. The summed E-state index contributed by atoms with van der Waals surface area (Å²) in [5.74, 6) is 1.15. The van der Waals surface area contributed by atoms with Crippen molar-refractivity contribution in [2.24, 2.45) is 0 Å². The maximum absolute atomic E-state index is 12.7. The van der Waals surface area contributed by atoms with Crippen molar-refractivity contribution < 1.29 is 19.0 Å². The number of carbonyl (C=O) groups excluding carboxylic acids is 1. The fraction of sp³-hybridized carbons (Fsp3) is 0.375. The first-order chi connectivity index (χ1) is 14.6. The van der Waals surface area contributed by atoms with Gasteiger partial charge in [0, 0.05) is 25.7 Å². The first kappa shape index (κ1) is 21.9. The van der Waals surface area contributed by atoms with E-state index >= 15 is 0 Å². The molecule has 1 amide bonds. The van der Waals surface area contributed by atoms with Crippen LogP contribution < -0.4 is 14.8 Å². The van der Waals surface area contributed by atoms with Gasteiger partial charge in [-0.2, -0.15) is 0 Å². The summed E-state index contributed by atoms with van der Waals surface area (Å²) >= 11 is 0. The lowest BCUT2D eigenvalue weighted by atomic mass is 10.0. The summed E-state index contributed by atoms with van der Waals surface area (Å²) in [6.07, 6.45) is 3.33. The standard InChI is InChI=1S/C24H30N2O4/c1-18-4-8-20(9-5-18)21(17-26-12-14-30-15-13-26)25-24(27)11-7-19-6-10-22(28-2)23(16-19)29-3/h4-11,16,21H,12-15,17H2,1-3H3,(H,25,27)/b11-7+/t21-/m0/s1. The van der Waals surface area contributed by atoms with E-state index in [9.17, 15) is 4.79 Å². The van der Waals surface area contributed by atoms with Crippen LogP contribution in [-0.2, 0) is 9.53 Å². The molecule has 1 N–H and O–H groups in total. The van der Waals surface area contributed by atoms with Crippen molar-refractivity contribution in [3.05, 3.63) is 65.2 Å². The third-order valence-electron chi connectivity index (χ3n) is 5.18. The Hall–Kier alpha value is -2.83. The van der Waals surface area contributed by atoms with Crippen molar-refractivity contribution in [2.75, 3.05) is 47.1 Å². The lowest BCUT2D eigenvalue weighted by Crippen LogP contribution is -2.42. The van der Waals surface area contributed by atoms with Gasteiger partial charge in [-0.05, 0) is 36.3 Å². The minimum Gasteiger partial charge on any atom is -0.493 e. The molecule has 1 aliphatic heterocycles. The molecule has 0 spiro atoms. The zero-order valence-electron chi connectivity index (χ0n) is 17.9. The van der Waals surface area contributed by atoms with E-state index < -0.39 is 0 Å². The number of carbonyl (C=O) groups is 1. The molecule has 30 heavy (non-hydrogen) atoms. The van der Waals surface area contributed by atoms with E-state index in [1.807, 2.05) is 18.2 Å². The zero-order valence-corrected chi connectivity index (χ0v) is 17.9. The fourth-order valence-electron chi connectivity index (χ4n) is 3.42. The largest absolute Gasteiger partial charge is 0.493 e. The Kier molecular flexibility index (Phi) is 7.88. The molecule has 0 unspecified atom stereocenters. The summed E-state index contributed by atoms with van der Waals surface area (Å²) < 4.78 is 16.0. The van der Waals surface area contributed by atoms with Gasteiger partial charge in [-0.1, -0.05) is 35.9 Å². The molecule has 2 aromatic carbocycles. The minimum absolute atomic E-state index is 0.0914. The Bertz CT molecular complexity index is 858. The molecule has 1 aliphatic rings. The molecule has 6 heteroatoms. The second kappa shape index (κ2) is 10.8. The molecule has 1 fully saturated rings. The van der Waals surface area contributed by atoms with Crippen LogP contribution in [0.5, 0.6) is 11.5 Å². The topological polar surface area (TPSA) is 60.0 Å². The maximum atomic E-state index is 12.7. The lowest BCUT2D eigenvalue weighted by molar-refractivity contribution is -0.117. The maximum Gasteiger partial charge on any atom is 0.244 e. The van der Waals surface area contributed by atoms with Gasteiger partial charge in [0.2, 0.25) is 5.91 Å². The molecule has 160 valence electrons. The van der Waals surface area contributed by atoms with Crippen molar-refractivity contribution in [3.8, 4) is 11.5 Å². The monoisotopic (exact) mass is 410 g/mol. The van der Waals surface area contributed by atoms with Crippen LogP contribution in [0.2, 0.25) is 0 Å². The van der Waals surface area contributed by atoms with E-state index in [4.69, 9.17) is 14.2 Å². The Labute approximate surface area is 178 Å². The van der Waals surface area contributed by atoms with Gasteiger partial charge in [-0.15, -0.1) is 0 Å². The van der Waals surface area contributed by atoms with E-state index in [2.05, 4.69) is 41.4 Å². The molecule has 2 aromatic rings. The van der Waals surface area contributed by atoms with Crippen LogP contribution in [0.3, 0.4) is 0 Å². The van der Waals surface area contributed by atoms with Gasteiger partial charge in [0.1, 0.15) is 0 Å². The van der Waals surface area contributed by atoms with E-state index in [0.29, 0.717) is 11.5 Å². The number of nitrogens with zero attached hydrogens (tertiary/aromatic N) is 1. The Morgan fingerprint density at radius 1 is 1.10 bits per heavy atom. The summed E-state index contributed by atoms with van der Waals surface area (Å²) in [7, 11) is 3.19. The number of hydrogen-bond donors (Lipinski definition) is 1. The van der Waals surface area contributed by atoms with Gasteiger partial charge in [0.05, 0.1) is 33.5 Å². The molecule has 3 rings (SSSR count). The molecule has 0 aromatic heterocycles. The second-order valence-corrected chi connectivity index (χ2v) is 7.33. The van der Waals surface area contributed by atoms with Crippen molar-refractivity contribution in [1.82, 2.24) is 10.2 Å². The summed E-state index contributed by atoms with van der Waals surface area (Å²) in [4.78, 5) is 15.0. The molecule has 6 nitrogen and oxygen atoms in total. The molecule has 1 atom stereocenters. The molecule has 1 saturated heterocycles. The van der Waals surface area contributed by atoms with Gasteiger partial charge in [0.25, 0.3) is 0 Å². The van der Waals surface area contributed by atoms with Crippen LogP contribution in [0.1, 0.15) is 22.7 Å². The lowest BCUT2D eigenvalue weighted by Gasteiger charge is -2.31. The average molecular weight is 411 g/mol. The van der Waals surface area contributed by atoms with Gasteiger partial charge < -0.3 is 19.5 Å². The molecular formula is C24H30N2O4. The van der Waals surface area contributed by atoms with E-state index in [1.54, 1.807) is 26.4 Å². The van der Waals surface area contributed by atoms with E-state index in [-0.39, 0.29) is 11.9 Å². The molecule has 0 saturated carbocycles. The van der Waals surface area contributed by atoms with E-state index in [0.717, 1.165) is 44.0 Å². The van der Waals surface area contributed by atoms with Crippen molar-refractivity contribution >= 4 is 12.0 Å². The predicted molar refractivity (Wildman–Crippen MR) is 118 cm³/mol. The van der Waals surface area contributed by atoms with Crippen LogP contribution in [-0.4, -0.2) is 57.9 Å². The van der Waals surface area contributed by atoms with Gasteiger partial charge >= 0.3 is 0 Å². The highest BCUT2D eigenvalue weighted by molar-refractivity contribution is 5.92. The summed E-state index contributed by atoms with van der Waals surface area (Å²) in [6.45, 7) is 6.02. The summed E-state index contributed by atoms with van der Waals surface area (Å²) in [5.41, 5.74) is 3.16. The van der Waals surface area contributed by atoms with Crippen LogP contribution in [0.15, 0.2) is 48.5 Å². The number of ether oxygens (including phenoxy) is 3. The summed E-state index contributed by atoms with van der Waals surface area (Å²) in [5, 5.41) is 3.16. The number of hydrogen-bond acceptors (Lipinski definition) is 5. The third kappa shape index (κ3) is 6.08. The van der Waals surface area contributed by atoms with Crippen LogP contribution in [0.4, 0.5) is 0 Å². The Balaban J connectivity index is 1.70. The number of rotatable bonds is 8. The van der Waals surface area contributed by atoms with Crippen molar-refractivity contribution in [3.63, 3.8) is 0 Å². The number of morpholine rings is 1.